The number of benzene rings is 1. The molecule has 21 heavy (non-hydrogen) atoms. The third-order valence-corrected chi connectivity index (χ3v) is 3.61. The van der Waals surface area contributed by atoms with Crippen molar-refractivity contribution in [2.45, 2.75) is 38.5 Å². The fourth-order valence-corrected chi connectivity index (χ4v) is 2.60. The molecule has 0 radical (unpaired) electrons. The molecule has 1 aliphatic rings. The summed E-state index contributed by atoms with van der Waals surface area (Å²) in [6.07, 6.45) is -3.62. The number of carbonyl (C=O) groups excluding carboxylic acids is 1. The minimum Gasteiger partial charge on any atom is -0.330 e. The Labute approximate surface area is 122 Å². The molecule has 1 amide bonds. The van der Waals surface area contributed by atoms with Crippen LogP contribution >= 0.6 is 0 Å². The van der Waals surface area contributed by atoms with Gasteiger partial charge in [-0.15, -0.1) is 0 Å². The van der Waals surface area contributed by atoms with Gasteiger partial charge in [0.1, 0.15) is 12.6 Å². The quantitative estimate of drug-likeness (QED) is 0.931. The number of halogens is 3. The molecule has 0 saturated heterocycles. The van der Waals surface area contributed by atoms with Crippen molar-refractivity contribution < 1.29 is 18.0 Å². The lowest BCUT2D eigenvalue weighted by molar-refractivity contribution is -0.166. The predicted octanol–water partition coefficient (Wildman–Crippen LogP) is 2.67. The van der Waals surface area contributed by atoms with Crippen LogP contribution in [0.4, 0.5) is 13.2 Å². The summed E-state index contributed by atoms with van der Waals surface area (Å²) < 4.78 is 38.0. The van der Waals surface area contributed by atoms with Crippen LogP contribution in [0.3, 0.4) is 0 Å². The normalized spacial score (nSPS) is 18.5. The first kappa shape index (κ1) is 15.8. The molecule has 1 aromatic carbocycles. The highest BCUT2D eigenvalue weighted by Crippen LogP contribution is 2.27. The highest BCUT2D eigenvalue weighted by Gasteiger charge is 2.38. The van der Waals surface area contributed by atoms with Crippen LogP contribution in [-0.2, 0) is 11.2 Å². The Morgan fingerprint density at radius 1 is 1.38 bits per heavy atom. The highest BCUT2D eigenvalue weighted by atomic mass is 19.4. The maximum atomic E-state index is 12.7. The summed E-state index contributed by atoms with van der Waals surface area (Å²) >= 11 is 0. The maximum Gasteiger partial charge on any atom is 0.406 e. The van der Waals surface area contributed by atoms with E-state index in [1.54, 1.807) is 26.0 Å². The van der Waals surface area contributed by atoms with Crippen LogP contribution in [0.2, 0.25) is 0 Å². The molecule has 1 aromatic rings. The lowest BCUT2D eigenvalue weighted by atomic mass is 9.93. The fourth-order valence-electron chi connectivity index (χ4n) is 2.60. The number of amides is 1. The van der Waals surface area contributed by atoms with E-state index in [9.17, 15) is 18.0 Å². The Balaban J connectivity index is 2.26. The van der Waals surface area contributed by atoms with Crippen molar-refractivity contribution in [2.24, 2.45) is 0 Å². The summed E-state index contributed by atoms with van der Waals surface area (Å²) in [6, 6.07) is 6.20. The summed E-state index contributed by atoms with van der Waals surface area (Å²) in [6.45, 7) is 2.56. The van der Waals surface area contributed by atoms with Crippen molar-refractivity contribution in [3.05, 3.63) is 35.4 Å². The van der Waals surface area contributed by atoms with E-state index in [1.165, 1.54) is 0 Å². The Bertz CT molecular complexity index is 514. The molecule has 1 aliphatic heterocycles. The van der Waals surface area contributed by atoms with Crippen molar-refractivity contribution in [2.75, 3.05) is 13.1 Å². The van der Waals surface area contributed by atoms with Crippen molar-refractivity contribution in [3.63, 3.8) is 0 Å². The molecule has 0 bridgehead atoms. The summed E-state index contributed by atoms with van der Waals surface area (Å²) in [5.74, 6) is -0.519. The Morgan fingerprint density at radius 2 is 2.05 bits per heavy atom. The fraction of sp³-hybridized carbons (Fsp3) is 0.533. The van der Waals surface area contributed by atoms with Crippen LogP contribution < -0.4 is 5.32 Å². The second kappa shape index (κ2) is 6.05. The average Bonchev–Trinajstić information content (AvgIpc) is 2.42. The van der Waals surface area contributed by atoms with E-state index in [1.807, 2.05) is 12.1 Å². The zero-order chi connectivity index (χ0) is 15.6. The third-order valence-electron chi connectivity index (χ3n) is 3.61. The molecule has 1 N–H and O–H groups in total. The molecule has 0 saturated carbocycles. The Hall–Kier alpha value is -1.56. The van der Waals surface area contributed by atoms with Gasteiger partial charge >= 0.3 is 6.18 Å². The lowest BCUT2D eigenvalue weighted by Gasteiger charge is -2.34. The van der Waals surface area contributed by atoms with Crippen LogP contribution in [0.1, 0.15) is 31.0 Å². The summed E-state index contributed by atoms with van der Waals surface area (Å²) in [7, 11) is 0. The van der Waals surface area contributed by atoms with Gasteiger partial charge in [-0.2, -0.15) is 13.2 Å². The van der Waals surface area contributed by atoms with Gasteiger partial charge in [0.05, 0.1) is 0 Å². The second-order valence-electron chi connectivity index (χ2n) is 5.51. The second-order valence-corrected chi connectivity index (χ2v) is 5.51. The number of alkyl halides is 3. The Kier molecular flexibility index (Phi) is 4.56. The molecule has 1 unspecified atom stereocenters. The zero-order valence-electron chi connectivity index (χ0n) is 12.1. The largest absolute Gasteiger partial charge is 0.406 e. The number of hydrogen-bond donors (Lipinski definition) is 1. The first-order valence-electron chi connectivity index (χ1n) is 6.98. The molecule has 3 nitrogen and oxygen atoms in total. The van der Waals surface area contributed by atoms with Gasteiger partial charge in [-0.1, -0.05) is 24.3 Å². The predicted molar refractivity (Wildman–Crippen MR) is 73.8 cm³/mol. The lowest BCUT2D eigenvalue weighted by Crippen LogP contribution is -2.49. The summed E-state index contributed by atoms with van der Waals surface area (Å²) in [5, 5.41) is 3.04. The van der Waals surface area contributed by atoms with E-state index in [0.717, 1.165) is 22.4 Å². The van der Waals surface area contributed by atoms with Gasteiger partial charge in [0.25, 0.3) is 0 Å². The number of nitrogens with one attached hydrogen (secondary N) is 1. The molecule has 0 aromatic heterocycles. The molecule has 116 valence electrons. The SMILES string of the molecule is CC(C)N(CC(F)(F)F)C(=O)C1NCCc2ccccc21. The minimum atomic E-state index is -4.39. The first-order chi connectivity index (χ1) is 9.79. The van der Waals surface area contributed by atoms with Gasteiger partial charge in [-0.05, 0) is 31.4 Å². The monoisotopic (exact) mass is 300 g/mol. The van der Waals surface area contributed by atoms with Crippen LogP contribution in [0.25, 0.3) is 0 Å². The third kappa shape index (κ3) is 3.75. The molecule has 0 spiro atoms. The van der Waals surface area contributed by atoms with Gasteiger partial charge in [0, 0.05) is 12.6 Å². The van der Waals surface area contributed by atoms with E-state index in [2.05, 4.69) is 5.32 Å². The van der Waals surface area contributed by atoms with Crippen molar-refractivity contribution in [1.82, 2.24) is 10.2 Å². The maximum absolute atomic E-state index is 12.7. The molecule has 0 aliphatic carbocycles. The number of carbonyl (C=O) groups is 1. The topological polar surface area (TPSA) is 32.3 Å². The molecule has 1 heterocycles. The van der Waals surface area contributed by atoms with Gasteiger partial charge in [0.15, 0.2) is 0 Å². The number of nitrogens with zero attached hydrogens (tertiary/aromatic N) is 1. The molecule has 1 atom stereocenters. The van der Waals surface area contributed by atoms with E-state index < -0.39 is 30.7 Å². The highest BCUT2D eigenvalue weighted by molar-refractivity contribution is 5.84. The van der Waals surface area contributed by atoms with Crippen molar-refractivity contribution >= 4 is 5.91 Å². The molecule has 6 heteroatoms. The first-order valence-corrected chi connectivity index (χ1v) is 6.98. The van der Waals surface area contributed by atoms with E-state index in [0.29, 0.717) is 6.54 Å². The van der Waals surface area contributed by atoms with Gasteiger partial charge in [0.2, 0.25) is 5.91 Å². The van der Waals surface area contributed by atoms with E-state index >= 15 is 0 Å². The number of rotatable bonds is 3. The molecular formula is C15H19F3N2O. The van der Waals surface area contributed by atoms with Crippen LogP contribution in [0.15, 0.2) is 24.3 Å². The van der Waals surface area contributed by atoms with E-state index in [4.69, 9.17) is 0 Å². The average molecular weight is 300 g/mol. The molecule has 2 rings (SSSR count). The minimum absolute atomic E-state index is 0.505. The van der Waals surface area contributed by atoms with Gasteiger partial charge < -0.3 is 10.2 Å². The van der Waals surface area contributed by atoms with Crippen molar-refractivity contribution in [1.29, 1.82) is 0 Å². The standard InChI is InChI=1S/C15H19F3N2O/c1-10(2)20(9-15(16,17)18)14(21)13-12-6-4-3-5-11(12)7-8-19-13/h3-6,10,13,19H,7-9H2,1-2H3. The zero-order valence-corrected chi connectivity index (χ0v) is 12.1. The number of fused-ring (bicyclic) bond motifs is 1. The smallest absolute Gasteiger partial charge is 0.330 e. The van der Waals surface area contributed by atoms with E-state index in [-0.39, 0.29) is 0 Å². The van der Waals surface area contributed by atoms with Gasteiger partial charge in [-0.3, -0.25) is 4.79 Å². The van der Waals surface area contributed by atoms with Crippen LogP contribution in [0.5, 0.6) is 0 Å². The van der Waals surface area contributed by atoms with Gasteiger partial charge in [-0.25, -0.2) is 0 Å². The molecule has 0 fully saturated rings. The van der Waals surface area contributed by atoms with Crippen LogP contribution in [-0.4, -0.2) is 36.1 Å². The Morgan fingerprint density at radius 3 is 2.67 bits per heavy atom. The van der Waals surface area contributed by atoms with Crippen LogP contribution in [0, 0.1) is 0 Å². The number of hydrogen-bond acceptors (Lipinski definition) is 2. The molecular weight excluding hydrogens is 281 g/mol. The van der Waals surface area contributed by atoms with Crippen molar-refractivity contribution in [3.8, 4) is 0 Å². The summed E-state index contributed by atoms with van der Waals surface area (Å²) in [4.78, 5) is 13.4. The summed E-state index contributed by atoms with van der Waals surface area (Å²) in [5.41, 5.74) is 1.80.